The molecule has 16 nitrogen and oxygen atoms in total. The van der Waals surface area contributed by atoms with Crippen LogP contribution in [0.4, 0.5) is 4.79 Å². The number of nitrogens with zero attached hydrogens (tertiary/aromatic N) is 2. The summed E-state index contributed by atoms with van der Waals surface area (Å²) in [5, 5.41) is 0.171. The number of amides is 1. The molecule has 0 rings (SSSR count). The van der Waals surface area contributed by atoms with E-state index in [1.54, 1.807) is 51.9 Å². The molecule has 0 spiro atoms. The van der Waals surface area contributed by atoms with E-state index < -0.39 is 45.4 Å². The lowest BCUT2D eigenvalue weighted by Gasteiger charge is -2.14. The van der Waals surface area contributed by atoms with Crippen LogP contribution in [-0.2, 0) is 72.9 Å². The van der Waals surface area contributed by atoms with Crippen LogP contribution < -0.4 is 0 Å². The molecule has 296 valence electrons. The van der Waals surface area contributed by atoms with E-state index in [2.05, 4.69) is 18.4 Å². The van der Waals surface area contributed by atoms with Gasteiger partial charge in [0.05, 0.1) is 39.4 Å². The number of hydrogen-bond acceptors (Lipinski definition) is 16. The third kappa shape index (κ3) is 140. The molecule has 0 heterocycles. The van der Waals surface area contributed by atoms with E-state index >= 15 is 0 Å². The Morgan fingerprint density at radius 1 is 0.729 bits per heavy atom. The summed E-state index contributed by atoms with van der Waals surface area (Å²) in [6.07, 6.45) is 6.94. The Morgan fingerprint density at radius 3 is 0.958 bits per heavy atom. The van der Waals surface area contributed by atoms with Gasteiger partial charge in [0.15, 0.2) is 25.1 Å². The van der Waals surface area contributed by atoms with Crippen molar-refractivity contribution in [1.82, 2.24) is 9.21 Å². The fourth-order valence-electron chi connectivity index (χ4n) is 0.515. The van der Waals surface area contributed by atoms with E-state index in [9.17, 15) is 40.8 Å². The number of carbonyl (C=O) groups is 5. The fraction of sp³-hybridized carbons (Fsp3) is 0.808. The molecule has 48 heavy (non-hydrogen) atoms. The van der Waals surface area contributed by atoms with E-state index in [1.165, 1.54) is 84.6 Å². The zero-order valence-corrected chi connectivity index (χ0v) is 36.7. The predicted molar refractivity (Wildman–Crippen MR) is 205 cm³/mol. The number of esters is 1. The summed E-state index contributed by atoms with van der Waals surface area (Å²) in [5.41, 5.74) is 0. The molecule has 0 fully saturated rings. The maximum absolute atomic E-state index is 10.3. The minimum absolute atomic E-state index is 0. The summed E-state index contributed by atoms with van der Waals surface area (Å²) in [4.78, 5) is 51.0. The Morgan fingerprint density at radius 2 is 0.958 bits per heavy atom. The summed E-state index contributed by atoms with van der Waals surface area (Å²) in [7, 11) is 8.01. The zero-order valence-electron chi connectivity index (χ0n) is 31.7. The highest BCUT2D eigenvalue weighted by molar-refractivity contribution is 8.71. The van der Waals surface area contributed by atoms with Crippen molar-refractivity contribution >= 4 is 90.9 Å². The maximum Gasteiger partial charge on any atom is 0.507 e. The summed E-state index contributed by atoms with van der Waals surface area (Å²) in [6.45, 7) is 11.8. The first kappa shape index (κ1) is 68.4. The van der Waals surface area contributed by atoms with Gasteiger partial charge >= 0.3 is 12.1 Å². The zero-order chi connectivity index (χ0) is 40.1. The lowest BCUT2D eigenvalue weighted by molar-refractivity contribution is -0.138. The number of rotatable bonds is 4. The number of ether oxygens (including phenoxy) is 3. The molecule has 0 aromatic heterocycles. The van der Waals surface area contributed by atoms with E-state index in [1.807, 2.05) is 19.6 Å². The van der Waals surface area contributed by atoms with Crippen LogP contribution in [0, 0.1) is 0 Å². The number of thioether (sulfide) groups is 1. The molecule has 0 bridgehead atoms. The molecule has 0 saturated carbocycles. The molecule has 2 atom stereocenters. The van der Waals surface area contributed by atoms with Crippen molar-refractivity contribution in [2.75, 3.05) is 87.9 Å². The molecule has 0 radical (unpaired) electrons. The standard InChI is InChI=1S/C5H12O2Si.C4H9NO.C3H9NOS.C3H6O3.C3H6O2.C3H6OS.C2H6O2S2.C2H6O2S.CH4/c1-5(6)7-8(2,3)4;1-4(6)5(2)3;1-4(2)6(3)5;1-5-3(4)6-2;2*1-3(4)5-2;1-5-6(2,3)4;1-4-5(2)3;/h1-4H3;2*1-3H3;1-2H3;2*1-2H3;1-2H3;1-2H3;1H4. The second kappa shape index (κ2) is 45.4. The first-order chi connectivity index (χ1) is 20.9. The highest BCUT2D eigenvalue weighted by Gasteiger charge is 2.16. The number of hydrogen-bond donors (Lipinski definition) is 0. The topological polar surface area (TPSA) is 206 Å². The quantitative estimate of drug-likeness (QED) is 0.225. The highest BCUT2D eigenvalue weighted by atomic mass is 33.1. The van der Waals surface area contributed by atoms with Crippen LogP contribution in [0.3, 0.4) is 0 Å². The molecule has 1 amide bonds. The average molecular weight is 817 g/mol. The monoisotopic (exact) mass is 816 g/mol. The molecule has 0 aliphatic rings. The minimum Gasteiger partial charge on any atom is -0.520 e. The van der Waals surface area contributed by atoms with Crippen molar-refractivity contribution in [3.63, 3.8) is 0 Å². The smallest absolute Gasteiger partial charge is 0.507 e. The predicted octanol–water partition coefficient (Wildman–Crippen LogP) is 3.67. The second-order valence-electron chi connectivity index (χ2n) is 8.84. The minimum atomic E-state index is -2.75. The maximum atomic E-state index is 10.3. The molecular formula is C26H64N2O14S5Si. The van der Waals surface area contributed by atoms with Gasteiger partial charge < -0.3 is 23.5 Å². The SMILES string of the molecule is C.CC(=O)N(C)C.CC(=O)O[Si](C)(C)C.CN(C)S(C)=O.COC(=O)OC.COC(C)=O.COS(C)=O.CSC(C)=O.CSS(C)(=O)=O. The van der Waals surface area contributed by atoms with Gasteiger partial charge in [-0.3, -0.25) is 23.4 Å². The average Bonchev–Trinajstić information content (AvgIpc) is 2.92. The van der Waals surface area contributed by atoms with Crippen molar-refractivity contribution in [3.8, 4) is 0 Å². The first-order valence-corrected chi connectivity index (χ1v) is 23.9. The van der Waals surface area contributed by atoms with Gasteiger partial charge in [0.25, 0.3) is 5.97 Å². The van der Waals surface area contributed by atoms with E-state index in [-0.39, 0.29) is 30.4 Å². The Balaban J connectivity index is -0.0000000518. The summed E-state index contributed by atoms with van der Waals surface area (Å²) in [5.74, 6) is -0.316. The van der Waals surface area contributed by atoms with E-state index in [4.69, 9.17) is 4.43 Å². The Kier molecular flexibility index (Phi) is 64.8. The van der Waals surface area contributed by atoms with Crippen LogP contribution in [0.15, 0.2) is 0 Å². The van der Waals surface area contributed by atoms with Crippen LogP contribution in [0.2, 0.25) is 19.6 Å². The van der Waals surface area contributed by atoms with Gasteiger partial charge in [-0.25, -0.2) is 25.9 Å². The summed E-state index contributed by atoms with van der Waals surface area (Å²) < 4.78 is 62.8. The van der Waals surface area contributed by atoms with Gasteiger partial charge in [0.1, 0.15) is 0 Å². The third-order valence-electron chi connectivity index (χ3n) is 3.04. The Labute approximate surface area is 305 Å². The lowest BCUT2D eigenvalue weighted by Crippen LogP contribution is -2.27. The van der Waals surface area contributed by atoms with Crippen molar-refractivity contribution in [1.29, 1.82) is 0 Å². The van der Waals surface area contributed by atoms with E-state index in [0.29, 0.717) is 0 Å². The number of carbonyl (C=O) groups excluding carboxylic acids is 5. The van der Waals surface area contributed by atoms with Gasteiger partial charge in [-0.15, -0.1) is 0 Å². The van der Waals surface area contributed by atoms with Crippen LogP contribution >= 0.6 is 22.6 Å². The molecule has 0 saturated heterocycles. The molecule has 2 unspecified atom stereocenters. The summed E-state index contributed by atoms with van der Waals surface area (Å²) in [6, 6.07) is 0. The molecule has 0 aromatic rings. The Bertz CT molecular complexity index is 901. The number of methoxy groups -OCH3 is 3. The molecule has 0 aromatic carbocycles. The molecule has 0 aliphatic heterocycles. The van der Waals surface area contributed by atoms with Crippen LogP contribution in [-0.4, -0.2) is 151 Å². The second-order valence-corrected chi connectivity index (χ2v) is 21.5. The van der Waals surface area contributed by atoms with Crippen LogP contribution in [0.5, 0.6) is 0 Å². The van der Waals surface area contributed by atoms with Crippen molar-refractivity contribution in [2.45, 2.75) is 54.8 Å². The molecule has 22 heteroatoms. The molecular weight excluding hydrogens is 753 g/mol. The summed E-state index contributed by atoms with van der Waals surface area (Å²) >= 11 is 0.168. The lowest BCUT2D eigenvalue weighted by atomic mass is 10.7. The van der Waals surface area contributed by atoms with Crippen molar-refractivity contribution in [2.24, 2.45) is 0 Å². The fourth-order valence-corrected chi connectivity index (χ4v) is 1.38. The van der Waals surface area contributed by atoms with Crippen LogP contribution in [0.25, 0.3) is 0 Å². The largest absolute Gasteiger partial charge is 0.520 e. The van der Waals surface area contributed by atoms with Crippen molar-refractivity contribution < 1.29 is 63.6 Å². The van der Waals surface area contributed by atoms with Gasteiger partial charge in [-0.05, 0) is 57.0 Å². The van der Waals surface area contributed by atoms with Crippen molar-refractivity contribution in [3.05, 3.63) is 0 Å². The molecule has 0 aliphatic carbocycles. The highest BCUT2D eigenvalue weighted by Crippen LogP contribution is 2.01. The van der Waals surface area contributed by atoms with Gasteiger partial charge in [-0.1, -0.05) is 19.2 Å². The Hall–Kier alpha value is -1.56. The van der Waals surface area contributed by atoms with E-state index in [0.717, 1.165) is 10.8 Å². The van der Waals surface area contributed by atoms with Crippen LogP contribution in [0.1, 0.15) is 35.1 Å². The third-order valence-corrected chi connectivity index (χ3v) is 8.43. The normalized spacial score (nSPS) is 10.1. The molecule has 0 N–H and O–H groups in total. The first-order valence-electron chi connectivity index (χ1n) is 12.6. The van der Waals surface area contributed by atoms with Gasteiger partial charge in [0.2, 0.25) is 14.2 Å². The van der Waals surface area contributed by atoms with Gasteiger partial charge in [0, 0.05) is 60.6 Å². The van der Waals surface area contributed by atoms with Gasteiger partial charge in [-0.2, -0.15) is 0 Å².